The number of hydrogen-bond donors (Lipinski definition) is 1. The Morgan fingerprint density at radius 2 is 2.00 bits per heavy atom. The van der Waals surface area contributed by atoms with Crippen LogP contribution < -0.4 is 10.6 Å². The Kier molecular flexibility index (Phi) is 3.81. The van der Waals surface area contributed by atoms with Crippen molar-refractivity contribution in [2.75, 3.05) is 17.2 Å². The van der Waals surface area contributed by atoms with Crippen LogP contribution in [-0.4, -0.2) is 22.6 Å². The SMILES string of the molecule is CCCc1nc(N)c(C)c(N2CCC3CCCCC32)n1. The van der Waals surface area contributed by atoms with Crippen LogP contribution in [0.5, 0.6) is 0 Å². The van der Waals surface area contributed by atoms with E-state index in [4.69, 9.17) is 10.7 Å². The van der Waals surface area contributed by atoms with Gasteiger partial charge in [-0.2, -0.15) is 0 Å². The summed E-state index contributed by atoms with van der Waals surface area (Å²) in [5.41, 5.74) is 7.18. The van der Waals surface area contributed by atoms with Crippen LogP contribution in [0.1, 0.15) is 56.8 Å². The number of aromatic nitrogens is 2. The van der Waals surface area contributed by atoms with E-state index in [-0.39, 0.29) is 0 Å². The molecule has 20 heavy (non-hydrogen) atoms. The Morgan fingerprint density at radius 1 is 1.20 bits per heavy atom. The topological polar surface area (TPSA) is 55.0 Å². The van der Waals surface area contributed by atoms with E-state index in [1.54, 1.807) is 0 Å². The minimum Gasteiger partial charge on any atom is -0.383 e. The Balaban J connectivity index is 1.92. The van der Waals surface area contributed by atoms with Gasteiger partial charge in [-0.15, -0.1) is 0 Å². The average Bonchev–Trinajstić information content (AvgIpc) is 2.87. The first-order chi connectivity index (χ1) is 9.70. The third kappa shape index (κ3) is 2.36. The van der Waals surface area contributed by atoms with Crippen LogP contribution in [0.25, 0.3) is 0 Å². The fourth-order valence-electron chi connectivity index (χ4n) is 3.85. The minimum atomic E-state index is 0.665. The maximum Gasteiger partial charge on any atom is 0.137 e. The molecule has 0 bridgehead atoms. The van der Waals surface area contributed by atoms with Crippen molar-refractivity contribution in [2.24, 2.45) is 5.92 Å². The third-order valence-electron chi connectivity index (χ3n) is 4.96. The molecule has 2 N–H and O–H groups in total. The highest BCUT2D eigenvalue weighted by Crippen LogP contribution is 2.39. The van der Waals surface area contributed by atoms with E-state index in [2.05, 4.69) is 23.7 Å². The minimum absolute atomic E-state index is 0.665. The lowest BCUT2D eigenvalue weighted by Gasteiger charge is -2.33. The standard InChI is InChI=1S/C16H26N4/c1-3-6-14-18-15(17)11(2)16(19-14)20-10-9-12-7-4-5-8-13(12)20/h12-13H,3-10H2,1-2H3,(H2,17,18,19). The maximum atomic E-state index is 6.11. The number of nitrogens with two attached hydrogens (primary N) is 1. The Labute approximate surface area is 121 Å². The Bertz CT molecular complexity index is 486. The molecule has 4 heteroatoms. The number of aryl methyl sites for hydroxylation is 1. The number of hydrogen-bond acceptors (Lipinski definition) is 4. The summed E-state index contributed by atoms with van der Waals surface area (Å²) in [5.74, 6) is 3.55. The van der Waals surface area contributed by atoms with E-state index >= 15 is 0 Å². The summed E-state index contributed by atoms with van der Waals surface area (Å²) in [6.07, 6.45) is 8.77. The molecule has 2 heterocycles. The first-order valence-electron chi connectivity index (χ1n) is 8.10. The molecule has 0 spiro atoms. The van der Waals surface area contributed by atoms with E-state index in [0.29, 0.717) is 11.9 Å². The van der Waals surface area contributed by atoms with Gasteiger partial charge in [-0.25, -0.2) is 9.97 Å². The first-order valence-corrected chi connectivity index (χ1v) is 8.10. The summed E-state index contributed by atoms with van der Waals surface area (Å²) in [6.45, 7) is 5.36. The molecular formula is C16H26N4. The molecule has 3 rings (SSSR count). The molecule has 2 atom stereocenters. The van der Waals surface area contributed by atoms with E-state index in [9.17, 15) is 0 Å². The molecule has 1 aromatic rings. The molecule has 0 radical (unpaired) electrons. The summed E-state index contributed by atoms with van der Waals surface area (Å²) in [5, 5.41) is 0. The van der Waals surface area contributed by atoms with Gasteiger partial charge in [0.1, 0.15) is 17.5 Å². The zero-order valence-corrected chi connectivity index (χ0v) is 12.7. The Morgan fingerprint density at radius 3 is 2.80 bits per heavy atom. The highest BCUT2D eigenvalue weighted by Gasteiger charge is 2.37. The van der Waals surface area contributed by atoms with Crippen molar-refractivity contribution in [1.29, 1.82) is 0 Å². The van der Waals surface area contributed by atoms with Crippen LogP contribution in [0.15, 0.2) is 0 Å². The van der Waals surface area contributed by atoms with Gasteiger partial charge >= 0.3 is 0 Å². The number of rotatable bonds is 3. The number of nitrogens with zero attached hydrogens (tertiary/aromatic N) is 3. The molecule has 0 amide bonds. The van der Waals surface area contributed by atoms with Crippen LogP contribution in [0.3, 0.4) is 0 Å². The monoisotopic (exact) mass is 274 g/mol. The van der Waals surface area contributed by atoms with Gasteiger partial charge in [0.25, 0.3) is 0 Å². The summed E-state index contributed by atoms with van der Waals surface area (Å²) in [7, 11) is 0. The fraction of sp³-hybridized carbons (Fsp3) is 0.750. The van der Waals surface area contributed by atoms with E-state index in [1.165, 1.54) is 32.1 Å². The average molecular weight is 274 g/mol. The van der Waals surface area contributed by atoms with Gasteiger partial charge in [0.2, 0.25) is 0 Å². The molecule has 1 aliphatic carbocycles. The predicted molar refractivity (Wildman–Crippen MR) is 82.9 cm³/mol. The van der Waals surface area contributed by atoms with Gasteiger partial charge < -0.3 is 10.6 Å². The lowest BCUT2D eigenvalue weighted by Crippen LogP contribution is -2.36. The summed E-state index contributed by atoms with van der Waals surface area (Å²) in [4.78, 5) is 11.8. The predicted octanol–water partition coefficient (Wildman–Crippen LogP) is 3.09. The molecule has 4 nitrogen and oxygen atoms in total. The molecular weight excluding hydrogens is 248 g/mol. The smallest absolute Gasteiger partial charge is 0.137 e. The number of fused-ring (bicyclic) bond motifs is 1. The molecule has 1 aromatic heterocycles. The van der Waals surface area contributed by atoms with Gasteiger partial charge in [-0.1, -0.05) is 19.8 Å². The quantitative estimate of drug-likeness (QED) is 0.920. The molecule has 1 aliphatic heterocycles. The summed E-state index contributed by atoms with van der Waals surface area (Å²) in [6, 6.07) is 0.686. The second-order valence-electron chi connectivity index (χ2n) is 6.32. The first kappa shape index (κ1) is 13.7. The molecule has 1 saturated heterocycles. The van der Waals surface area contributed by atoms with Crippen molar-refractivity contribution in [3.05, 3.63) is 11.4 Å². The van der Waals surface area contributed by atoms with Gasteiger partial charge in [0, 0.05) is 24.6 Å². The molecule has 0 aromatic carbocycles. The molecule has 1 saturated carbocycles. The van der Waals surface area contributed by atoms with Crippen molar-refractivity contribution >= 4 is 11.6 Å². The van der Waals surface area contributed by atoms with Gasteiger partial charge in [-0.3, -0.25) is 0 Å². The summed E-state index contributed by atoms with van der Waals surface area (Å²) < 4.78 is 0. The van der Waals surface area contributed by atoms with E-state index in [0.717, 1.165) is 42.5 Å². The highest BCUT2D eigenvalue weighted by atomic mass is 15.3. The lowest BCUT2D eigenvalue weighted by atomic mass is 9.85. The highest BCUT2D eigenvalue weighted by molar-refractivity contribution is 5.57. The van der Waals surface area contributed by atoms with E-state index < -0.39 is 0 Å². The van der Waals surface area contributed by atoms with E-state index in [1.807, 2.05) is 0 Å². The number of anilines is 2. The zero-order chi connectivity index (χ0) is 14.1. The maximum absolute atomic E-state index is 6.11. The molecule has 110 valence electrons. The molecule has 2 unspecified atom stereocenters. The van der Waals surface area contributed by atoms with Crippen molar-refractivity contribution in [1.82, 2.24) is 9.97 Å². The van der Waals surface area contributed by atoms with Crippen molar-refractivity contribution in [3.63, 3.8) is 0 Å². The second kappa shape index (κ2) is 5.58. The summed E-state index contributed by atoms with van der Waals surface area (Å²) >= 11 is 0. The van der Waals surface area contributed by atoms with Gasteiger partial charge in [-0.05, 0) is 38.5 Å². The van der Waals surface area contributed by atoms with Crippen molar-refractivity contribution in [2.45, 2.75) is 64.8 Å². The van der Waals surface area contributed by atoms with Gasteiger partial charge in [0.15, 0.2) is 0 Å². The fourth-order valence-corrected chi connectivity index (χ4v) is 3.85. The van der Waals surface area contributed by atoms with Crippen LogP contribution in [0.4, 0.5) is 11.6 Å². The second-order valence-corrected chi connectivity index (χ2v) is 6.32. The Hall–Kier alpha value is -1.32. The van der Waals surface area contributed by atoms with Crippen LogP contribution in [0, 0.1) is 12.8 Å². The van der Waals surface area contributed by atoms with Gasteiger partial charge in [0.05, 0.1) is 0 Å². The van der Waals surface area contributed by atoms with Crippen molar-refractivity contribution in [3.8, 4) is 0 Å². The lowest BCUT2D eigenvalue weighted by molar-refractivity contribution is 0.341. The normalized spacial score (nSPS) is 25.8. The van der Waals surface area contributed by atoms with Crippen LogP contribution >= 0.6 is 0 Å². The largest absolute Gasteiger partial charge is 0.383 e. The van der Waals surface area contributed by atoms with Crippen LogP contribution in [-0.2, 0) is 6.42 Å². The molecule has 2 aliphatic rings. The van der Waals surface area contributed by atoms with Crippen LogP contribution in [0.2, 0.25) is 0 Å². The zero-order valence-electron chi connectivity index (χ0n) is 12.7. The third-order valence-corrected chi connectivity index (χ3v) is 4.96. The molecule has 2 fully saturated rings. The number of nitrogen functional groups attached to an aromatic ring is 1. The van der Waals surface area contributed by atoms with Crippen molar-refractivity contribution < 1.29 is 0 Å².